The van der Waals surface area contributed by atoms with Gasteiger partial charge in [-0.05, 0) is 11.5 Å². The minimum atomic E-state index is 0.469. The van der Waals surface area contributed by atoms with Crippen molar-refractivity contribution in [3.05, 3.63) is 16.5 Å². The van der Waals surface area contributed by atoms with Crippen molar-refractivity contribution in [2.75, 3.05) is 0 Å². The van der Waals surface area contributed by atoms with E-state index in [4.69, 9.17) is 0 Å². The van der Waals surface area contributed by atoms with E-state index in [-0.39, 0.29) is 0 Å². The third kappa shape index (κ3) is 2.58. The summed E-state index contributed by atoms with van der Waals surface area (Å²) in [7, 11) is 0. The van der Waals surface area contributed by atoms with E-state index >= 15 is 0 Å². The fourth-order valence-electron chi connectivity index (χ4n) is 1.12. The van der Waals surface area contributed by atoms with E-state index in [2.05, 4.69) is 33.7 Å². The first-order valence-electron chi connectivity index (χ1n) is 4.72. The molecule has 6 heteroatoms. The Labute approximate surface area is 96.5 Å². The lowest BCUT2D eigenvalue weighted by Gasteiger charge is -2.05. The van der Waals surface area contributed by atoms with Gasteiger partial charge in [0.2, 0.25) is 0 Å². The molecule has 0 saturated carbocycles. The molecule has 2 heterocycles. The summed E-state index contributed by atoms with van der Waals surface area (Å²) in [6.45, 7) is 5.05. The minimum absolute atomic E-state index is 0.469. The summed E-state index contributed by atoms with van der Waals surface area (Å²) in [4.78, 5) is 5.39. The van der Waals surface area contributed by atoms with Gasteiger partial charge in [0.15, 0.2) is 0 Å². The van der Waals surface area contributed by atoms with Gasteiger partial charge in [0.25, 0.3) is 0 Å². The number of nitrogens with zero attached hydrogens (tertiary/aromatic N) is 3. The number of rotatable bonds is 4. The van der Waals surface area contributed by atoms with Crippen molar-refractivity contribution in [3.63, 3.8) is 0 Å². The van der Waals surface area contributed by atoms with E-state index in [0.29, 0.717) is 6.04 Å². The lowest BCUT2D eigenvalue weighted by Crippen LogP contribution is -2.21. The Kier molecular flexibility index (Phi) is 3.40. The number of hydrogen-bond donors (Lipinski definition) is 1. The molecule has 80 valence electrons. The number of aromatic nitrogens is 3. The standard InChI is InChI=1S/C9H12N4S2/c1-6(2)11-5-7-8(12-13-15-7)9-10-3-4-14-9/h3-4,6,11H,5H2,1-2H3. The average molecular weight is 240 g/mol. The molecule has 0 radical (unpaired) electrons. The van der Waals surface area contributed by atoms with Crippen LogP contribution in [0.15, 0.2) is 11.6 Å². The molecule has 0 aliphatic heterocycles. The van der Waals surface area contributed by atoms with Crippen LogP contribution in [-0.2, 0) is 6.54 Å². The quantitative estimate of drug-likeness (QED) is 0.889. The van der Waals surface area contributed by atoms with Crippen LogP contribution in [-0.4, -0.2) is 20.6 Å². The van der Waals surface area contributed by atoms with Crippen molar-refractivity contribution in [1.82, 2.24) is 19.9 Å². The van der Waals surface area contributed by atoms with E-state index < -0.39 is 0 Å². The van der Waals surface area contributed by atoms with E-state index in [1.165, 1.54) is 11.5 Å². The number of nitrogens with one attached hydrogen (secondary N) is 1. The molecule has 2 aromatic heterocycles. The molecule has 0 bridgehead atoms. The van der Waals surface area contributed by atoms with Crippen LogP contribution in [0, 0.1) is 0 Å². The van der Waals surface area contributed by atoms with Crippen LogP contribution in [0.3, 0.4) is 0 Å². The molecule has 0 aliphatic rings. The third-order valence-electron chi connectivity index (χ3n) is 1.86. The zero-order chi connectivity index (χ0) is 10.7. The molecule has 2 rings (SSSR count). The summed E-state index contributed by atoms with van der Waals surface area (Å²) in [6.07, 6.45) is 1.79. The highest BCUT2D eigenvalue weighted by atomic mass is 32.1. The van der Waals surface area contributed by atoms with Gasteiger partial charge in [-0.3, -0.25) is 0 Å². The molecule has 0 fully saturated rings. The normalized spacial score (nSPS) is 11.1. The van der Waals surface area contributed by atoms with Gasteiger partial charge in [0, 0.05) is 24.2 Å². The van der Waals surface area contributed by atoms with Crippen molar-refractivity contribution in [2.45, 2.75) is 26.4 Å². The second kappa shape index (κ2) is 4.78. The van der Waals surface area contributed by atoms with Gasteiger partial charge in [-0.2, -0.15) is 0 Å². The lowest BCUT2D eigenvalue weighted by molar-refractivity contribution is 0.593. The molecule has 15 heavy (non-hydrogen) atoms. The fraction of sp³-hybridized carbons (Fsp3) is 0.444. The van der Waals surface area contributed by atoms with Crippen LogP contribution >= 0.6 is 22.9 Å². The summed E-state index contributed by atoms with van der Waals surface area (Å²) in [5.41, 5.74) is 0.920. The van der Waals surface area contributed by atoms with Gasteiger partial charge in [0.1, 0.15) is 10.7 Å². The topological polar surface area (TPSA) is 50.7 Å². The number of hydrogen-bond acceptors (Lipinski definition) is 6. The molecule has 0 saturated heterocycles. The Morgan fingerprint density at radius 1 is 1.47 bits per heavy atom. The largest absolute Gasteiger partial charge is 0.310 e. The fourth-order valence-corrected chi connectivity index (χ4v) is 2.43. The highest BCUT2D eigenvalue weighted by Gasteiger charge is 2.12. The van der Waals surface area contributed by atoms with Crippen LogP contribution in [0.4, 0.5) is 0 Å². The predicted molar refractivity (Wildman–Crippen MR) is 63.0 cm³/mol. The second-order valence-corrected chi connectivity index (χ2v) is 5.15. The Morgan fingerprint density at radius 3 is 3.00 bits per heavy atom. The minimum Gasteiger partial charge on any atom is -0.310 e. The summed E-state index contributed by atoms with van der Waals surface area (Å²) in [5.74, 6) is 0. The summed E-state index contributed by atoms with van der Waals surface area (Å²) in [6, 6.07) is 0.469. The summed E-state index contributed by atoms with van der Waals surface area (Å²) < 4.78 is 3.97. The molecular weight excluding hydrogens is 228 g/mol. The number of thiazole rings is 1. The molecular formula is C9H12N4S2. The summed E-state index contributed by atoms with van der Waals surface area (Å²) >= 11 is 3.03. The SMILES string of the molecule is CC(C)NCc1snnc1-c1nccs1. The van der Waals surface area contributed by atoms with Crippen molar-refractivity contribution in [1.29, 1.82) is 0 Å². The van der Waals surface area contributed by atoms with Crippen molar-refractivity contribution in [2.24, 2.45) is 0 Å². The van der Waals surface area contributed by atoms with Crippen LogP contribution in [0.1, 0.15) is 18.7 Å². The zero-order valence-corrected chi connectivity index (χ0v) is 10.2. The Bertz CT molecular complexity index is 407. The molecule has 0 aliphatic carbocycles. The third-order valence-corrected chi connectivity index (χ3v) is 3.36. The second-order valence-electron chi connectivity index (χ2n) is 3.42. The molecule has 0 amide bonds. The molecule has 0 aromatic carbocycles. The molecule has 1 N–H and O–H groups in total. The molecule has 0 atom stereocenters. The van der Waals surface area contributed by atoms with E-state index in [0.717, 1.165) is 22.1 Å². The lowest BCUT2D eigenvalue weighted by atomic mass is 10.3. The Morgan fingerprint density at radius 2 is 2.33 bits per heavy atom. The van der Waals surface area contributed by atoms with Gasteiger partial charge < -0.3 is 5.32 Å². The van der Waals surface area contributed by atoms with Crippen molar-refractivity contribution >= 4 is 22.9 Å². The predicted octanol–water partition coefficient (Wildman–Crippen LogP) is 2.16. The summed E-state index contributed by atoms with van der Waals surface area (Å²) in [5, 5.41) is 10.4. The van der Waals surface area contributed by atoms with Crippen LogP contribution < -0.4 is 5.32 Å². The van der Waals surface area contributed by atoms with E-state index in [1.807, 2.05) is 5.38 Å². The first-order valence-corrected chi connectivity index (χ1v) is 6.37. The molecule has 2 aromatic rings. The highest BCUT2D eigenvalue weighted by Crippen LogP contribution is 2.25. The smallest absolute Gasteiger partial charge is 0.144 e. The van der Waals surface area contributed by atoms with E-state index in [1.54, 1.807) is 17.5 Å². The Hall–Kier alpha value is -0.850. The van der Waals surface area contributed by atoms with Crippen LogP contribution in [0.25, 0.3) is 10.7 Å². The van der Waals surface area contributed by atoms with Crippen LogP contribution in [0.2, 0.25) is 0 Å². The Balaban J connectivity index is 2.16. The maximum absolute atomic E-state index is 4.24. The van der Waals surface area contributed by atoms with Gasteiger partial charge in [-0.25, -0.2) is 4.98 Å². The zero-order valence-electron chi connectivity index (χ0n) is 8.60. The maximum atomic E-state index is 4.24. The molecule has 0 unspecified atom stereocenters. The van der Waals surface area contributed by atoms with Crippen molar-refractivity contribution in [3.8, 4) is 10.7 Å². The van der Waals surface area contributed by atoms with Crippen LogP contribution in [0.5, 0.6) is 0 Å². The monoisotopic (exact) mass is 240 g/mol. The maximum Gasteiger partial charge on any atom is 0.144 e. The highest BCUT2D eigenvalue weighted by molar-refractivity contribution is 7.13. The van der Waals surface area contributed by atoms with Gasteiger partial charge in [0.05, 0.1) is 4.88 Å². The van der Waals surface area contributed by atoms with Gasteiger partial charge in [-0.15, -0.1) is 16.4 Å². The molecule has 0 spiro atoms. The first-order chi connectivity index (χ1) is 7.27. The van der Waals surface area contributed by atoms with E-state index in [9.17, 15) is 0 Å². The molecule has 4 nitrogen and oxygen atoms in total. The van der Waals surface area contributed by atoms with Gasteiger partial charge in [-0.1, -0.05) is 18.3 Å². The van der Waals surface area contributed by atoms with Gasteiger partial charge >= 0.3 is 0 Å². The average Bonchev–Trinajstić information content (AvgIpc) is 2.85. The van der Waals surface area contributed by atoms with Crippen molar-refractivity contribution < 1.29 is 0 Å². The first kappa shape index (κ1) is 10.7.